The minimum atomic E-state index is -0.324. The number of aryl methyl sites for hydroxylation is 2. The Morgan fingerprint density at radius 2 is 1.70 bits per heavy atom. The maximum absolute atomic E-state index is 12.3. The van der Waals surface area contributed by atoms with Crippen molar-refractivity contribution < 1.29 is 23.8 Å². The van der Waals surface area contributed by atoms with Crippen LogP contribution >= 0.6 is 0 Å². The summed E-state index contributed by atoms with van der Waals surface area (Å²) in [6, 6.07) is 7.43. The molecule has 0 saturated heterocycles. The Hall–Kier alpha value is -2.82. The zero-order valence-electron chi connectivity index (χ0n) is 16.2. The van der Waals surface area contributed by atoms with E-state index in [1.807, 2.05) is 45.0 Å². The first-order valence-corrected chi connectivity index (χ1v) is 9.01. The van der Waals surface area contributed by atoms with Gasteiger partial charge in [0.1, 0.15) is 19.8 Å². The molecule has 27 heavy (non-hydrogen) atoms. The number of ether oxygens (including phenoxy) is 3. The Kier molecular flexibility index (Phi) is 5.49. The van der Waals surface area contributed by atoms with Gasteiger partial charge in [0, 0.05) is 5.56 Å². The second-order valence-corrected chi connectivity index (χ2v) is 6.86. The van der Waals surface area contributed by atoms with Crippen molar-refractivity contribution in [2.45, 2.75) is 40.7 Å². The lowest BCUT2D eigenvalue weighted by Gasteiger charge is -2.19. The Morgan fingerprint density at radius 1 is 1.00 bits per heavy atom. The monoisotopic (exact) mass is 368 g/mol. The molecule has 0 saturated carbocycles. The van der Waals surface area contributed by atoms with E-state index in [-0.39, 0.29) is 24.8 Å². The third-order valence-corrected chi connectivity index (χ3v) is 4.82. The van der Waals surface area contributed by atoms with Crippen LogP contribution in [0.2, 0.25) is 0 Å². The van der Waals surface area contributed by atoms with Crippen molar-refractivity contribution in [2.24, 2.45) is 0 Å². The van der Waals surface area contributed by atoms with Gasteiger partial charge in [0.05, 0.1) is 6.42 Å². The molecule has 1 heterocycles. The molecule has 0 aliphatic carbocycles. The van der Waals surface area contributed by atoms with Crippen molar-refractivity contribution in [3.63, 3.8) is 0 Å². The summed E-state index contributed by atoms with van der Waals surface area (Å²) in [5.41, 5.74) is 5.25. The molecule has 2 aromatic rings. The SMILES string of the molecule is CC(=O)c1c(C)cc(C)c(COC(=O)Cc2ccc3c(c2)OCCO3)c1C. The molecule has 0 aromatic heterocycles. The molecule has 0 amide bonds. The first kappa shape index (κ1) is 19.0. The molecule has 142 valence electrons. The van der Waals surface area contributed by atoms with Gasteiger partial charge < -0.3 is 14.2 Å². The van der Waals surface area contributed by atoms with E-state index >= 15 is 0 Å². The maximum atomic E-state index is 12.3. The number of benzene rings is 2. The average molecular weight is 368 g/mol. The molecular formula is C22H24O5. The molecule has 2 aromatic carbocycles. The number of hydrogen-bond donors (Lipinski definition) is 0. The summed E-state index contributed by atoms with van der Waals surface area (Å²) in [5, 5.41) is 0. The quantitative estimate of drug-likeness (QED) is 0.592. The number of Topliss-reactive ketones (excluding diaryl/α,β-unsaturated/α-hetero) is 1. The van der Waals surface area contributed by atoms with Gasteiger partial charge in [-0.15, -0.1) is 0 Å². The molecule has 0 unspecified atom stereocenters. The zero-order chi connectivity index (χ0) is 19.6. The fourth-order valence-corrected chi connectivity index (χ4v) is 3.56. The van der Waals surface area contributed by atoms with Crippen LogP contribution in [0, 0.1) is 20.8 Å². The molecule has 0 radical (unpaired) electrons. The summed E-state index contributed by atoms with van der Waals surface area (Å²) in [6.45, 7) is 8.55. The number of ketones is 1. The second-order valence-electron chi connectivity index (χ2n) is 6.86. The normalized spacial score (nSPS) is 12.6. The lowest BCUT2D eigenvalue weighted by molar-refractivity contribution is -0.144. The fraction of sp³-hybridized carbons (Fsp3) is 0.364. The number of esters is 1. The summed E-state index contributed by atoms with van der Waals surface area (Å²) in [6.07, 6.45) is 0.153. The Bertz CT molecular complexity index is 898. The van der Waals surface area contributed by atoms with E-state index in [9.17, 15) is 9.59 Å². The maximum Gasteiger partial charge on any atom is 0.310 e. The van der Waals surface area contributed by atoms with Crippen LogP contribution in [0.15, 0.2) is 24.3 Å². The first-order valence-electron chi connectivity index (χ1n) is 9.01. The molecule has 1 aliphatic rings. The van der Waals surface area contributed by atoms with Gasteiger partial charge in [-0.25, -0.2) is 0 Å². The first-order chi connectivity index (χ1) is 12.9. The van der Waals surface area contributed by atoms with Crippen LogP contribution in [-0.4, -0.2) is 25.0 Å². The Balaban J connectivity index is 1.69. The Morgan fingerprint density at radius 3 is 2.41 bits per heavy atom. The molecule has 0 fully saturated rings. The van der Waals surface area contributed by atoms with Crippen molar-refractivity contribution in [3.8, 4) is 11.5 Å². The molecule has 0 atom stereocenters. The average Bonchev–Trinajstić information content (AvgIpc) is 2.60. The van der Waals surface area contributed by atoms with Crippen LogP contribution < -0.4 is 9.47 Å². The van der Waals surface area contributed by atoms with Gasteiger partial charge in [-0.1, -0.05) is 12.1 Å². The van der Waals surface area contributed by atoms with E-state index in [1.165, 1.54) is 0 Å². The topological polar surface area (TPSA) is 61.8 Å². The predicted molar refractivity (Wildman–Crippen MR) is 102 cm³/mol. The summed E-state index contributed by atoms with van der Waals surface area (Å²) in [4.78, 5) is 24.2. The van der Waals surface area contributed by atoms with Gasteiger partial charge in [-0.3, -0.25) is 9.59 Å². The third kappa shape index (κ3) is 4.13. The summed E-state index contributed by atoms with van der Waals surface area (Å²) in [7, 11) is 0. The highest BCUT2D eigenvalue weighted by Crippen LogP contribution is 2.31. The predicted octanol–water partition coefficient (Wildman–Crippen LogP) is 3.87. The molecule has 3 rings (SSSR count). The van der Waals surface area contributed by atoms with E-state index in [2.05, 4.69) is 0 Å². The van der Waals surface area contributed by atoms with Crippen LogP contribution in [0.1, 0.15) is 45.1 Å². The second kappa shape index (κ2) is 7.82. The molecular weight excluding hydrogens is 344 g/mol. The summed E-state index contributed by atoms with van der Waals surface area (Å²) in [5.74, 6) is 1.05. The van der Waals surface area contributed by atoms with Gasteiger partial charge in [-0.05, 0) is 67.6 Å². The van der Waals surface area contributed by atoms with Crippen molar-refractivity contribution in [2.75, 3.05) is 13.2 Å². The van der Waals surface area contributed by atoms with Crippen molar-refractivity contribution in [1.29, 1.82) is 0 Å². The zero-order valence-corrected chi connectivity index (χ0v) is 16.2. The van der Waals surface area contributed by atoms with Crippen molar-refractivity contribution in [3.05, 3.63) is 57.6 Å². The molecule has 0 spiro atoms. The minimum absolute atomic E-state index is 0.0221. The summed E-state index contributed by atoms with van der Waals surface area (Å²) >= 11 is 0. The van der Waals surface area contributed by atoms with Gasteiger partial charge in [0.25, 0.3) is 0 Å². The van der Waals surface area contributed by atoms with Crippen molar-refractivity contribution in [1.82, 2.24) is 0 Å². The van der Waals surface area contributed by atoms with Crippen LogP contribution in [0.25, 0.3) is 0 Å². The van der Waals surface area contributed by atoms with E-state index in [4.69, 9.17) is 14.2 Å². The molecule has 5 nitrogen and oxygen atoms in total. The minimum Gasteiger partial charge on any atom is -0.486 e. The third-order valence-electron chi connectivity index (χ3n) is 4.82. The highest BCUT2D eigenvalue weighted by atomic mass is 16.6. The Labute approximate surface area is 159 Å². The standard InChI is InChI=1S/C22H24O5/c1-13-9-14(2)22(16(4)23)15(3)18(13)12-27-21(24)11-17-5-6-19-20(10-17)26-8-7-25-19/h5-6,9-10H,7-8,11-12H2,1-4H3. The van der Waals surface area contributed by atoms with Crippen LogP contribution in [0.5, 0.6) is 11.5 Å². The number of rotatable bonds is 5. The number of hydrogen-bond acceptors (Lipinski definition) is 5. The highest BCUT2D eigenvalue weighted by Gasteiger charge is 2.17. The van der Waals surface area contributed by atoms with Crippen LogP contribution in [0.4, 0.5) is 0 Å². The number of carbonyl (C=O) groups excluding carboxylic acids is 2. The van der Waals surface area contributed by atoms with Crippen molar-refractivity contribution >= 4 is 11.8 Å². The summed E-state index contributed by atoms with van der Waals surface area (Å²) < 4.78 is 16.5. The smallest absolute Gasteiger partial charge is 0.310 e. The number of carbonyl (C=O) groups is 2. The molecule has 5 heteroatoms. The van der Waals surface area contributed by atoms with E-state index < -0.39 is 0 Å². The van der Waals surface area contributed by atoms with Gasteiger partial charge in [-0.2, -0.15) is 0 Å². The van der Waals surface area contributed by atoms with E-state index in [0.717, 1.165) is 27.8 Å². The molecule has 0 bridgehead atoms. The largest absolute Gasteiger partial charge is 0.486 e. The van der Waals surface area contributed by atoms with Crippen LogP contribution in [0.3, 0.4) is 0 Å². The van der Waals surface area contributed by atoms with Gasteiger partial charge in [0.15, 0.2) is 17.3 Å². The molecule has 1 aliphatic heterocycles. The van der Waals surface area contributed by atoms with Gasteiger partial charge in [0.2, 0.25) is 0 Å². The lowest BCUT2D eigenvalue weighted by atomic mass is 9.92. The number of fused-ring (bicyclic) bond motifs is 1. The van der Waals surface area contributed by atoms with E-state index in [0.29, 0.717) is 30.3 Å². The van der Waals surface area contributed by atoms with E-state index in [1.54, 1.807) is 6.92 Å². The fourth-order valence-electron chi connectivity index (χ4n) is 3.56. The molecule has 0 N–H and O–H groups in total. The van der Waals surface area contributed by atoms with Crippen LogP contribution in [-0.2, 0) is 22.6 Å². The lowest BCUT2D eigenvalue weighted by Crippen LogP contribution is -2.16. The van der Waals surface area contributed by atoms with Gasteiger partial charge >= 0.3 is 5.97 Å². The highest BCUT2D eigenvalue weighted by molar-refractivity contribution is 5.97.